The molecule has 2 N–H and O–H groups in total. The van der Waals surface area contributed by atoms with Crippen molar-refractivity contribution in [3.8, 4) is 11.9 Å². The standard InChI is InChI=1S/C7H8N6O/c1-13-4-9-7(12-13)14-6-3-2-5(8)10-11-6/h2-4H,1H3,(H2,8,10). The van der Waals surface area contributed by atoms with E-state index in [0.29, 0.717) is 11.7 Å². The van der Waals surface area contributed by atoms with Crippen LogP contribution in [0, 0.1) is 0 Å². The van der Waals surface area contributed by atoms with Crippen LogP contribution in [0.5, 0.6) is 11.9 Å². The lowest BCUT2D eigenvalue weighted by Gasteiger charge is -1.97. The number of anilines is 1. The van der Waals surface area contributed by atoms with Gasteiger partial charge in [0.15, 0.2) is 0 Å². The molecule has 0 unspecified atom stereocenters. The Balaban J connectivity index is 2.15. The molecule has 0 saturated heterocycles. The average molecular weight is 192 g/mol. The molecule has 0 saturated carbocycles. The molecule has 0 aromatic carbocycles. The average Bonchev–Trinajstić information content (AvgIpc) is 2.56. The van der Waals surface area contributed by atoms with E-state index < -0.39 is 0 Å². The molecule has 2 aromatic rings. The van der Waals surface area contributed by atoms with Crippen LogP contribution >= 0.6 is 0 Å². The van der Waals surface area contributed by atoms with Gasteiger partial charge in [0.05, 0.1) is 0 Å². The smallest absolute Gasteiger partial charge is 0.342 e. The summed E-state index contributed by atoms with van der Waals surface area (Å²) >= 11 is 0. The molecular weight excluding hydrogens is 184 g/mol. The minimum absolute atomic E-state index is 0.228. The molecule has 2 heterocycles. The number of rotatable bonds is 2. The summed E-state index contributed by atoms with van der Waals surface area (Å²) in [7, 11) is 1.74. The van der Waals surface area contributed by atoms with E-state index in [1.54, 1.807) is 19.2 Å². The number of nitrogens with two attached hydrogens (primary N) is 1. The topological polar surface area (TPSA) is 91.7 Å². The van der Waals surface area contributed by atoms with Gasteiger partial charge in [-0.2, -0.15) is 4.98 Å². The van der Waals surface area contributed by atoms with Crippen molar-refractivity contribution in [3.63, 3.8) is 0 Å². The number of aromatic nitrogens is 5. The van der Waals surface area contributed by atoms with Crippen LogP contribution in [-0.2, 0) is 7.05 Å². The van der Waals surface area contributed by atoms with E-state index >= 15 is 0 Å². The van der Waals surface area contributed by atoms with Gasteiger partial charge < -0.3 is 10.5 Å². The van der Waals surface area contributed by atoms with Gasteiger partial charge in [-0.1, -0.05) is 0 Å². The first-order valence-corrected chi connectivity index (χ1v) is 3.87. The Kier molecular flexibility index (Phi) is 1.98. The molecule has 14 heavy (non-hydrogen) atoms. The van der Waals surface area contributed by atoms with Gasteiger partial charge in [-0.3, -0.25) is 4.68 Å². The van der Waals surface area contributed by atoms with Gasteiger partial charge >= 0.3 is 6.01 Å². The minimum Gasteiger partial charge on any atom is -0.402 e. The molecule has 0 spiro atoms. The quantitative estimate of drug-likeness (QED) is 0.718. The predicted octanol–water partition coefficient (Wildman–Crippen LogP) is -0.0204. The largest absolute Gasteiger partial charge is 0.402 e. The summed E-state index contributed by atoms with van der Waals surface area (Å²) in [6.45, 7) is 0. The van der Waals surface area contributed by atoms with E-state index in [9.17, 15) is 0 Å². The van der Waals surface area contributed by atoms with Crippen LogP contribution in [-0.4, -0.2) is 25.0 Å². The van der Waals surface area contributed by atoms with Crippen molar-refractivity contribution in [2.75, 3.05) is 5.73 Å². The highest BCUT2D eigenvalue weighted by molar-refractivity contribution is 5.28. The zero-order valence-electron chi connectivity index (χ0n) is 7.45. The highest BCUT2D eigenvalue weighted by Gasteiger charge is 2.02. The maximum atomic E-state index is 5.36. The predicted molar refractivity (Wildman–Crippen MR) is 47.5 cm³/mol. The molecule has 0 radical (unpaired) electrons. The fourth-order valence-electron chi connectivity index (χ4n) is 0.845. The third-order valence-corrected chi connectivity index (χ3v) is 1.44. The van der Waals surface area contributed by atoms with E-state index in [-0.39, 0.29) is 6.01 Å². The van der Waals surface area contributed by atoms with Crippen molar-refractivity contribution in [1.82, 2.24) is 25.0 Å². The summed E-state index contributed by atoms with van der Waals surface area (Å²) in [6, 6.07) is 3.41. The van der Waals surface area contributed by atoms with Crippen molar-refractivity contribution in [1.29, 1.82) is 0 Å². The van der Waals surface area contributed by atoms with Crippen molar-refractivity contribution < 1.29 is 4.74 Å². The van der Waals surface area contributed by atoms with Crippen LogP contribution in [0.1, 0.15) is 0 Å². The molecule has 2 aromatic heterocycles. The van der Waals surface area contributed by atoms with Crippen molar-refractivity contribution in [2.45, 2.75) is 0 Å². The number of nitrogen functional groups attached to an aromatic ring is 1. The molecule has 0 fully saturated rings. The molecule has 0 aliphatic carbocycles. The third-order valence-electron chi connectivity index (χ3n) is 1.44. The monoisotopic (exact) mass is 192 g/mol. The second-order valence-corrected chi connectivity index (χ2v) is 2.60. The Morgan fingerprint density at radius 3 is 2.79 bits per heavy atom. The van der Waals surface area contributed by atoms with E-state index in [4.69, 9.17) is 10.5 Å². The summed E-state index contributed by atoms with van der Waals surface area (Å²) in [5.74, 6) is 0.650. The van der Waals surface area contributed by atoms with Gasteiger partial charge in [-0.25, -0.2) is 0 Å². The summed E-state index contributed by atoms with van der Waals surface area (Å²) < 4.78 is 6.71. The highest BCUT2D eigenvalue weighted by atomic mass is 16.5. The van der Waals surface area contributed by atoms with Crippen molar-refractivity contribution in [2.24, 2.45) is 7.05 Å². The van der Waals surface area contributed by atoms with E-state index in [0.717, 1.165) is 0 Å². The van der Waals surface area contributed by atoms with Crippen molar-refractivity contribution >= 4 is 5.82 Å². The lowest BCUT2D eigenvalue weighted by atomic mass is 10.5. The van der Waals surface area contributed by atoms with Gasteiger partial charge in [-0.15, -0.1) is 15.3 Å². The Morgan fingerprint density at radius 1 is 1.36 bits per heavy atom. The van der Waals surface area contributed by atoms with Crippen LogP contribution in [0.25, 0.3) is 0 Å². The highest BCUT2D eigenvalue weighted by Crippen LogP contribution is 2.12. The van der Waals surface area contributed by atoms with E-state index in [1.807, 2.05) is 0 Å². The van der Waals surface area contributed by atoms with Crippen LogP contribution < -0.4 is 10.5 Å². The number of aryl methyl sites for hydroxylation is 1. The van der Waals surface area contributed by atoms with Crippen LogP contribution in [0.15, 0.2) is 18.5 Å². The molecule has 2 rings (SSSR count). The van der Waals surface area contributed by atoms with Crippen LogP contribution in [0.3, 0.4) is 0 Å². The molecule has 0 bridgehead atoms. The lowest BCUT2D eigenvalue weighted by molar-refractivity contribution is 0.417. The first-order chi connectivity index (χ1) is 6.74. The zero-order chi connectivity index (χ0) is 9.97. The number of hydrogen-bond donors (Lipinski definition) is 1. The van der Waals surface area contributed by atoms with Gasteiger partial charge in [0.2, 0.25) is 5.88 Å². The zero-order valence-corrected chi connectivity index (χ0v) is 7.45. The first kappa shape index (κ1) is 8.42. The number of ether oxygens (including phenoxy) is 1. The van der Waals surface area contributed by atoms with Crippen LogP contribution in [0.2, 0.25) is 0 Å². The molecule has 0 aliphatic heterocycles. The Morgan fingerprint density at radius 2 is 2.21 bits per heavy atom. The number of nitrogens with zero attached hydrogens (tertiary/aromatic N) is 5. The summed E-state index contributed by atoms with van der Waals surface area (Å²) in [6.07, 6.45) is 1.53. The molecule has 0 aliphatic rings. The summed E-state index contributed by atoms with van der Waals surface area (Å²) in [4.78, 5) is 3.86. The third kappa shape index (κ3) is 1.76. The molecule has 0 atom stereocenters. The second-order valence-electron chi connectivity index (χ2n) is 2.60. The SMILES string of the molecule is Cn1cnc(Oc2ccc(N)nn2)n1. The van der Waals surface area contributed by atoms with Gasteiger partial charge in [0, 0.05) is 13.1 Å². The van der Waals surface area contributed by atoms with Gasteiger partial charge in [0.25, 0.3) is 0 Å². The first-order valence-electron chi connectivity index (χ1n) is 3.87. The minimum atomic E-state index is 0.228. The van der Waals surface area contributed by atoms with Crippen molar-refractivity contribution in [3.05, 3.63) is 18.5 Å². The molecule has 7 heteroatoms. The maximum Gasteiger partial charge on any atom is 0.342 e. The van der Waals surface area contributed by atoms with E-state index in [2.05, 4.69) is 20.3 Å². The Hall–Kier alpha value is -2.18. The van der Waals surface area contributed by atoms with E-state index in [1.165, 1.54) is 11.0 Å². The number of hydrogen-bond acceptors (Lipinski definition) is 6. The fourth-order valence-corrected chi connectivity index (χ4v) is 0.845. The lowest BCUT2D eigenvalue weighted by Crippen LogP contribution is -1.96. The maximum absolute atomic E-state index is 5.36. The fraction of sp³-hybridized carbons (Fsp3) is 0.143. The molecular formula is C7H8N6O. The second kappa shape index (κ2) is 3.29. The Labute approximate surface area is 79.5 Å². The molecule has 72 valence electrons. The van der Waals surface area contributed by atoms with Crippen LogP contribution in [0.4, 0.5) is 5.82 Å². The summed E-state index contributed by atoms with van der Waals surface area (Å²) in [5, 5.41) is 11.2. The Bertz CT molecular complexity index is 422. The normalized spacial score (nSPS) is 10.1. The van der Waals surface area contributed by atoms with Gasteiger partial charge in [0.1, 0.15) is 12.1 Å². The molecule has 0 amide bonds. The molecule has 7 nitrogen and oxygen atoms in total. The van der Waals surface area contributed by atoms with Gasteiger partial charge in [-0.05, 0) is 6.07 Å². The summed E-state index contributed by atoms with van der Waals surface area (Å²) in [5.41, 5.74) is 5.36.